The molecule has 0 radical (unpaired) electrons. The van der Waals surface area contributed by atoms with Crippen LogP contribution in [0.25, 0.3) is 0 Å². The second-order valence-corrected chi connectivity index (χ2v) is 4.09. The molecule has 0 unspecified atom stereocenters. The smallest absolute Gasteiger partial charge is 0.321 e. The lowest BCUT2D eigenvalue weighted by atomic mass is 10.7. The number of methoxy groups -OCH3 is 1. The molecule has 0 fully saturated rings. The maximum atomic E-state index is 5.03. The highest BCUT2D eigenvalue weighted by atomic mass is 32.2. The van der Waals surface area contributed by atoms with Crippen molar-refractivity contribution in [3.8, 4) is 6.01 Å². The molecule has 2 aromatic heterocycles. The number of aromatic nitrogens is 5. The fourth-order valence-corrected chi connectivity index (χ4v) is 1.81. The van der Waals surface area contributed by atoms with E-state index in [9.17, 15) is 0 Å². The first-order valence-electron chi connectivity index (χ1n) is 5.29. The summed E-state index contributed by atoms with van der Waals surface area (Å²) in [4.78, 5) is 20.6. The lowest BCUT2D eigenvalue weighted by Crippen LogP contribution is -2.05. The molecule has 94 valence electrons. The standard InChI is InChI=1S/C10H12N6OS/c1-3-12-8-14-9(17-2)16-10(15-8)18-7-6-11-4-5-13-7/h4-6H,3H2,1-2H3,(H,12,14,15,16). The molecule has 0 aliphatic carbocycles. The summed E-state index contributed by atoms with van der Waals surface area (Å²) >= 11 is 1.30. The second-order valence-electron chi connectivity index (χ2n) is 3.10. The average Bonchev–Trinajstić information content (AvgIpc) is 2.40. The quantitative estimate of drug-likeness (QED) is 0.863. The van der Waals surface area contributed by atoms with E-state index in [1.807, 2.05) is 6.92 Å². The topological polar surface area (TPSA) is 85.7 Å². The van der Waals surface area contributed by atoms with Crippen LogP contribution in [-0.2, 0) is 0 Å². The lowest BCUT2D eigenvalue weighted by Gasteiger charge is -2.05. The maximum absolute atomic E-state index is 5.03. The molecule has 0 bridgehead atoms. The van der Waals surface area contributed by atoms with Gasteiger partial charge in [-0.1, -0.05) is 0 Å². The van der Waals surface area contributed by atoms with Gasteiger partial charge in [0.05, 0.1) is 13.3 Å². The molecule has 2 rings (SSSR count). The van der Waals surface area contributed by atoms with Crippen molar-refractivity contribution < 1.29 is 4.74 Å². The highest BCUT2D eigenvalue weighted by Gasteiger charge is 2.08. The van der Waals surface area contributed by atoms with Gasteiger partial charge in [0.2, 0.25) is 11.1 Å². The van der Waals surface area contributed by atoms with Gasteiger partial charge in [0.15, 0.2) is 0 Å². The van der Waals surface area contributed by atoms with Gasteiger partial charge in [0, 0.05) is 18.9 Å². The van der Waals surface area contributed by atoms with Gasteiger partial charge in [-0.05, 0) is 18.7 Å². The normalized spacial score (nSPS) is 10.1. The summed E-state index contributed by atoms with van der Waals surface area (Å²) in [6.07, 6.45) is 4.88. The molecule has 2 aromatic rings. The summed E-state index contributed by atoms with van der Waals surface area (Å²) in [5.41, 5.74) is 0. The van der Waals surface area contributed by atoms with Gasteiger partial charge in [0.1, 0.15) is 5.03 Å². The monoisotopic (exact) mass is 264 g/mol. The third-order valence-electron chi connectivity index (χ3n) is 1.85. The lowest BCUT2D eigenvalue weighted by molar-refractivity contribution is 0.373. The minimum atomic E-state index is 0.271. The van der Waals surface area contributed by atoms with E-state index >= 15 is 0 Å². The second kappa shape index (κ2) is 6.10. The molecule has 0 saturated heterocycles. The van der Waals surface area contributed by atoms with E-state index in [1.54, 1.807) is 18.6 Å². The Balaban J connectivity index is 2.24. The molecule has 0 spiro atoms. The van der Waals surface area contributed by atoms with Crippen LogP contribution in [0, 0.1) is 0 Å². The van der Waals surface area contributed by atoms with Crippen LogP contribution < -0.4 is 10.1 Å². The Labute approximate surface area is 108 Å². The molecule has 0 aliphatic heterocycles. The number of ether oxygens (including phenoxy) is 1. The molecule has 7 nitrogen and oxygen atoms in total. The van der Waals surface area contributed by atoms with Crippen LogP contribution >= 0.6 is 11.8 Å². The van der Waals surface area contributed by atoms with Crippen molar-refractivity contribution in [3.05, 3.63) is 18.6 Å². The molecule has 8 heteroatoms. The first-order chi connectivity index (χ1) is 8.81. The number of hydrogen-bond acceptors (Lipinski definition) is 8. The highest BCUT2D eigenvalue weighted by molar-refractivity contribution is 7.99. The molecular formula is C10H12N6OS. The minimum Gasteiger partial charge on any atom is -0.467 e. The van der Waals surface area contributed by atoms with Gasteiger partial charge in [-0.25, -0.2) is 4.98 Å². The fourth-order valence-electron chi connectivity index (χ4n) is 1.14. The van der Waals surface area contributed by atoms with Crippen molar-refractivity contribution in [1.29, 1.82) is 0 Å². The van der Waals surface area contributed by atoms with E-state index in [2.05, 4.69) is 30.2 Å². The van der Waals surface area contributed by atoms with Gasteiger partial charge in [-0.2, -0.15) is 15.0 Å². The third-order valence-corrected chi connectivity index (χ3v) is 2.63. The average molecular weight is 264 g/mol. The van der Waals surface area contributed by atoms with Crippen LogP contribution in [0.5, 0.6) is 6.01 Å². The van der Waals surface area contributed by atoms with Crippen molar-refractivity contribution in [3.63, 3.8) is 0 Å². The summed E-state index contributed by atoms with van der Waals surface area (Å²) in [6.45, 7) is 2.69. The Bertz CT molecular complexity index is 509. The Kier molecular flexibility index (Phi) is 4.24. The molecule has 0 aromatic carbocycles. The number of hydrogen-bond donors (Lipinski definition) is 1. The Morgan fingerprint density at radius 2 is 2.17 bits per heavy atom. The Morgan fingerprint density at radius 3 is 2.83 bits per heavy atom. The van der Waals surface area contributed by atoms with Gasteiger partial charge >= 0.3 is 6.01 Å². The summed E-state index contributed by atoms with van der Waals surface area (Å²) in [6, 6.07) is 0.271. The van der Waals surface area contributed by atoms with Crippen molar-refractivity contribution in [2.45, 2.75) is 17.1 Å². The summed E-state index contributed by atoms with van der Waals surface area (Å²) in [5, 5.41) is 4.25. The third kappa shape index (κ3) is 3.27. The Morgan fingerprint density at radius 1 is 1.28 bits per heavy atom. The molecule has 0 amide bonds. The number of nitrogens with one attached hydrogen (secondary N) is 1. The summed E-state index contributed by atoms with van der Waals surface area (Å²) in [7, 11) is 1.52. The molecule has 0 atom stereocenters. The van der Waals surface area contributed by atoms with Crippen LogP contribution in [0.3, 0.4) is 0 Å². The van der Waals surface area contributed by atoms with Gasteiger partial charge in [0.25, 0.3) is 0 Å². The first-order valence-corrected chi connectivity index (χ1v) is 6.11. The minimum absolute atomic E-state index is 0.271. The van der Waals surface area contributed by atoms with Gasteiger partial charge in [-0.15, -0.1) is 0 Å². The molecule has 18 heavy (non-hydrogen) atoms. The van der Waals surface area contributed by atoms with Crippen LogP contribution in [0.2, 0.25) is 0 Å². The molecule has 1 N–H and O–H groups in total. The number of rotatable bonds is 5. The predicted octanol–water partition coefficient (Wildman–Crippen LogP) is 1.25. The van der Waals surface area contributed by atoms with Crippen LogP contribution in [0.1, 0.15) is 6.92 Å². The van der Waals surface area contributed by atoms with Crippen LogP contribution in [-0.4, -0.2) is 38.6 Å². The molecule has 0 aliphatic rings. The SMILES string of the molecule is CCNc1nc(OC)nc(Sc2cnccn2)n1. The van der Waals surface area contributed by atoms with E-state index in [0.717, 1.165) is 6.54 Å². The largest absolute Gasteiger partial charge is 0.467 e. The van der Waals surface area contributed by atoms with E-state index < -0.39 is 0 Å². The molecule has 2 heterocycles. The molecule has 0 saturated carbocycles. The highest BCUT2D eigenvalue weighted by Crippen LogP contribution is 2.23. The first kappa shape index (κ1) is 12.5. The van der Waals surface area contributed by atoms with Gasteiger partial charge in [-0.3, -0.25) is 4.98 Å². The van der Waals surface area contributed by atoms with E-state index in [0.29, 0.717) is 16.1 Å². The van der Waals surface area contributed by atoms with Crippen molar-refractivity contribution in [2.24, 2.45) is 0 Å². The van der Waals surface area contributed by atoms with Crippen LogP contribution in [0.4, 0.5) is 5.95 Å². The number of anilines is 1. The zero-order valence-electron chi connectivity index (χ0n) is 9.99. The van der Waals surface area contributed by atoms with E-state index in [4.69, 9.17) is 4.74 Å². The van der Waals surface area contributed by atoms with Crippen molar-refractivity contribution >= 4 is 17.7 Å². The van der Waals surface area contributed by atoms with Crippen molar-refractivity contribution in [1.82, 2.24) is 24.9 Å². The van der Waals surface area contributed by atoms with Crippen molar-refractivity contribution in [2.75, 3.05) is 19.0 Å². The number of nitrogens with zero attached hydrogens (tertiary/aromatic N) is 5. The predicted molar refractivity (Wildman–Crippen MR) is 66.7 cm³/mol. The summed E-state index contributed by atoms with van der Waals surface area (Å²) < 4.78 is 5.03. The Hall–Kier alpha value is -1.96. The van der Waals surface area contributed by atoms with E-state index in [-0.39, 0.29) is 6.01 Å². The molecular weight excluding hydrogens is 252 g/mol. The summed E-state index contributed by atoms with van der Waals surface area (Å²) in [5.74, 6) is 0.482. The zero-order chi connectivity index (χ0) is 12.8. The zero-order valence-corrected chi connectivity index (χ0v) is 10.8. The maximum Gasteiger partial charge on any atom is 0.321 e. The van der Waals surface area contributed by atoms with Gasteiger partial charge < -0.3 is 10.1 Å². The van der Waals surface area contributed by atoms with E-state index in [1.165, 1.54) is 18.9 Å². The fraction of sp³-hybridized carbons (Fsp3) is 0.300. The van der Waals surface area contributed by atoms with Crippen LogP contribution in [0.15, 0.2) is 28.8 Å².